The molecule has 2 rings (SSSR count). The van der Waals surface area contributed by atoms with Gasteiger partial charge in [-0.3, -0.25) is 4.79 Å². The van der Waals surface area contributed by atoms with Crippen LogP contribution in [0.2, 0.25) is 0 Å². The van der Waals surface area contributed by atoms with Crippen molar-refractivity contribution >= 4 is 5.91 Å². The molecule has 98 valence electrons. The molecule has 0 radical (unpaired) electrons. The third-order valence-corrected chi connectivity index (χ3v) is 3.77. The number of amides is 1. The first-order chi connectivity index (χ1) is 8.60. The van der Waals surface area contributed by atoms with E-state index in [-0.39, 0.29) is 5.91 Å². The molecule has 1 saturated carbocycles. The maximum atomic E-state index is 12.0. The minimum atomic E-state index is -0.604. The lowest BCUT2D eigenvalue weighted by molar-refractivity contribution is -0.126. The van der Waals surface area contributed by atoms with Crippen LogP contribution in [0.3, 0.4) is 0 Å². The van der Waals surface area contributed by atoms with E-state index < -0.39 is 5.54 Å². The van der Waals surface area contributed by atoms with Crippen molar-refractivity contribution in [3.05, 3.63) is 35.4 Å². The van der Waals surface area contributed by atoms with Gasteiger partial charge in [0.25, 0.3) is 0 Å². The summed E-state index contributed by atoms with van der Waals surface area (Å²) in [6.45, 7) is 2.74. The molecule has 0 aliphatic heterocycles. The third kappa shape index (κ3) is 3.10. The van der Waals surface area contributed by atoms with Crippen molar-refractivity contribution in [1.82, 2.24) is 5.32 Å². The largest absolute Gasteiger partial charge is 0.354 e. The summed E-state index contributed by atoms with van der Waals surface area (Å²) in [5.74, 6) is 0.0205. The van der Waals surface area contributed by atoms with Crippen molar-refractivity contribution in [3.63, 3.8) is 0 Å². The topological polar surface area (TPSA) is 55.1 Å². The first-order valence-electron chi connectivity index (χ1n) is 6.73. The standard InChI is InChI=1S/C15H22N2O/c1-12-4-6-13(7-5-12)8-11-17-14(18)15(16)9-2-3-10-15/h4-7H,2-3,8-11,16H2,1H3,(H,17,18). The van der Waals surface area contributed by atoms with Crippen LogP contribution in [0.4, 0.5) is 0 Å². The van der Waals surface area contributed by atoms with Gasteiger partial charge in [0.2, 0.25) is 5.91 Å². The second kappa shape index (κ2) is 5.53. The average Bonchev–Trinajstić information content (AvgIpc) is 2.80. The van der Waals surface area contributed by atoms with Gasteiger partial charge in [0.05, 0.1) is 5.54 Å². The van der Waals surface area contributed by atoms with Crippen LogP contribution in [-0.4, -0.2) is 18.0 Å². The average molecular weight is 246 g/mol. The van der Waals surface area contributed by atoms with E-state index in [0.717, 1.165) is 32.1 Å². The lowest BCUT2D eigenvalue weighted by Crippen LogP contribution is -2.52. The van der Waals surface area contributed by atoms with E-state index >= 15 is 0 Å². The molecule has 1 aromatic carbocycles. The van der Waals surface area contributed by atoms with Gasteiger partial charge in [-0.1, -0.05) is 42.7 Å². The Hall–Kier alpha value is -1.35. The van der Waals surface area contributed by atoms with E-state index in [1.807, 2.05) is 0 Å². The lowest BCUT2D eigenvalue weighted by atomic mass is 9.98. The number of carbonyl (C=O) groups excluding carboxylic acids is 1. The van der Waals surface area contributed by atoms with E-state index in [1.165, 1.54) is 11.1 Å². The monoisotopic (exact) mass is 246 g/mol. The fourth-order valence-corrected chi connectivity index (χ4v) is 2.48. The van der Waals surface area contributed by atoms with Crippen molar-refractivity contribution in [2.75, 3.05) is 6.54 Å². The summed E-state index contributed by atoms with van der Waals surface area (Å²) in [6, 6.07) is 8.40. The molecule has 0 atom stereocenters. The van der Waals surface area contributed by atoms with Gasteiger partial charge in [0.1, 0.15) is 0 Å². The van der Waals surface area contributed by atoms with E-state index in [1.54, 1.807) is 0 Å². The van der Waals surface area contributed by atoms with Gasteiger partial charge in [-0.15, -0.1) is 0 Å². The van der Waals surface area contributed by atoms with Gasteiger partial charge in [-0.25, -0.2) is 0 Å². The Morgan fingerprint density at radius 1 is 1.28 bits per heavy atom. The molecule has 1 aliphatic rings. The number of aryl methyl sites for hydroxylation is 1. The number of hydrogen-bond donors (Lipinski definition) is 2. The Kier molecular flexibility index (Phi) is 4.02. The summed E-state index contributed by atoms with van der Waals surface area (Å²) in [4.78, 5) is 12.0. The summed E-state index contributed by atoms with van der Waals surface area (Å²) in [5.41, 5.74) is 7.99. The molecular weight excluding hydrogens is 224 g/mol. The maximum Gasteiger partial charge on any atom is 0.240 e. The van der Waals surface area contributed by atoms with Crippen molar-refractivity contribution in [2.45, 2.75) is 44.6 Å². The number of hydrogen-bond acceptors (Lipinski definition) is 2. The van der Waals surface area contributed by atoms with Crippen LogP contribution >= 0.6 is 0 Å². The Labute approximate surface area is 109 Å². The van der Waals surface area contributed by atoms with Crippen LogP contribution in [0, 0.1) is 6.92 Å². The van der Waals surface area contributed by atoms with Crippen molar-refractivity contribution in [3.8, 4) is 0 Å². The summed E-state index contributed by atoms with van der Waals surface area (Å²) in [5, 5.41) is 2.96. The molecule has 1 aromatic rings. The number of benzene rings is 1. The second-order valence-electron chi connectivity index (χ2n) is 5.35. The van der Waals surface area contributed by atoms with Gasteiger partial charge >= 0.3 is 0 Å². The van der Waals surface area contributed by atoms with Crippen molar-refractivity contribution in [2.24, 2.45) is 5.73 Å². The second-order valence-corrected chi connectivity index (χ2v) is 5.35. The van der Waals surface area contributed by atoms with E-state index in [2.05, 4.69) is 36.5 Å². The molecule has 3 nitrogen and oxygen atoms in total. The molecule has 0 unspecified atom stereocenters. The Morgan fingerprint density at radius 3 is 2.50 bits per heavy atom. The fourth-order valence-electron chi connectivity index (χ4n) is 2.48. The first-order valence-corrected chi connectivity index (χ1v) is 6.73. The van der Waals surface area contributed by atoms with E-state index in [4.69, 9.17) is 5.73 Å². The van der Waals surface area contributed by atoms with E-state index in [0.29, 0.717) is 6.54 Å². The summed E-state index contributed by atoms with van der Waals surface area (Å²) in [7, 11) is 0. The summed E-state index contributed by atoms with van der Waals surface area (Å²) >= 11 is 0. The lowest BCUT2D eigenvalue weighted by Gasteiger charge is -2.22. The highest BCUT2D eigenvalue weighted by Gasteiger charge is 2.36. The van der Waals surface area contributed by atoms with Crippen molar-refractivity contribution in [1.29, 1.82) is 0 Å². The zero-order chi connectivity index (χ0) is 13.0. The molecule has 0 bridgehead atoms. The highest BCUT2D eigenvalue weighted by molar-refractivity contribution is 5.86. The minimum Gasteiger partial charge on any atom is -0.354 e. The van der Waals surface area contributed by atoms with Gasteiger partial charge in [-0.05, 0) is 31.7 Å². The van der Waals surface area contributed by atoms with Crippen LogP contribution in [0.15, 0.2) is 24.3 Å². The number of carbonyl (C=O) groups is 1. The van der Waals surface area contributed by atoms with Crippen LogP contribution in [0.1, 0.15) is 36.8 Å². The Bertz CT molecular complexity index is 405. The van der Waals surface area contributed by atoms with Crippen LogP contribution in [0.25, 0.3) is 0 Å². The quantitative estimate of drug-likeness (QED) is 0.853. The van der Waals surface area contributed by atoms with Crippen molar-refractivity contribution < 1.29 is 4.79 Å². The highest BCUT2D eigenvalue weighted by Crippen LogP contribution is 2.27. The predicted octanol–water partition coefficient (Wildman–Crippen LogP) is 1.93. The molecule has 0 aromatic heterocycles. The van der Waals surface area contributed by atoms with Gasteiger partial charge < -0.3 is 11.1 Å². The molecule has 1 amide bonds. The van der Waals surface area contributed by atoms with Crippen LogP contribution in [-0.2, 0) is 11.2 Å². The van der Waals surface area contributed by atoms with Gasteiger partial charge in [0, 0.05) is 6.54 Å². The minimum absolute atomic E-state index is 0.0205. The molecule has 3 heteroatoms. The first kappa shape index (κ1) is 13.1. The summed E-state index contributed by atoms with van der Waals surface area (Å²) in [6.07, 6.45) is 4.65. The molecule has 0 heterocycles. The molecule has 1 aliphatic carbocycles. The summed E-state index contributed by atoms with van der Waals surface area (Å²) < 4.78 is 0. The highest BCUT2D eigenvalue weighted by atomic mass is 16.2. The van der Waals surface area contributed by atoms with Gasteiger partial charge in [-0.2, -0.15) is 0 Å². The smallest absolute Gasteiger partial charge is 0.240 e. The fraction of sp³-hybridized carbons (Fsp3) is 0.533. The van der Waals surface area contributed by atoms with Gasteiger partial charge in [0.15, 0.2) is 0 Å². The van der Waals surface area contributed by atoms with E-state index in [9.17, 15) is 4.79 Å². The number of nitrogens with one attached hydrogen (secondary N) is 1. The molecule has 18 heavy (non-hydrogen) atoms. The predicted molar refractivity (Wildman–Crippen MR) is 73.3 cm³/mol. The molecule has 0 spiro atoms. The number of rotatable bonds is 4. The molecule has 3 N–H and O–H groups in total. The SMILES string of the molecule is Cc1ccc(CCNC(=O)C2(N)CCCC2)cc1. The zero-order valence-electron chi connectivity index (χ0n) is 11.0. The van der Waals surface area contributed by atoms with Crippen LogP contribution < -0.4 is 11.1 Å². The third-order valence-electron chi connectivity index (χ3n) is 3.77. The molecule has 0 saturated heterocycles. The molecular formula is C15H22N2O. The normalized spacial score (nSPS) is 17.7. The Morgan fingerprint density at radius 2 is 1.89 bits per heavy atom. The number of nitrogens with two attached hydrogens (primary N) is 1. The van der Waals surface area contributed by atoms with Crippen LogP contribution in [0.5, 0.6) is 0 Å². The molecule has 1 fully saturated rings. The Balaban J connectivity index is 1.78. The maximum absolute atomic E-state index is 12.0. The zero-order valence-corrected chi connectivity index (χ0v) is 11.0.